The Morgan fingerprint density at radius 3 is 2.46 bits per heavy atom. The van der Waals surface area contributed by atoms with E-state index in [0.717, 1.165) is 33.8 Å². The largest absolute Gasteiger partial charge is 0.461 e. The molecular weight excluding hydrogens is 298 g/mol. The lowest BCUT2D eigenvalue weighted by Gasteiger charge is -2.13. The second kappa shape index (κ2) is 5.34. The number of rotatable bonds is 2. The van der Waals surface area contributed by atoms with E-state index < -0.39 is 0 Å². The maximum Gasteiger partial charge on any atom is 0.166 e. The molecule has 120 valence electrons. The SMILES string of the molecule is Cc1cc(C)c(-n2ncnc2-c2cccc3cc(C)oc23)c(C)c1. The highest BCUT2D eigenvalue weighted by molar-refractivity contribution is 5.91. The Labute approximate surface area is 140 Å². The molecule has 0 spiro atoms. The average molecular weight is 317 g/mol. The van der Waals surface area contributed by atoms with E-state index in [-0.39, 0.29) is 0 Å². The number of furan rings is 1. The second-order valence-electron chi connectivity index (χ2n) is 6.32. The number of fused-ring (bicyclic) bond motifs is 1. The zero-order chi connectivity index (χ0) is 16.8. The van der Waals surface area contributed by atoms with Crippen LogP contribution in [0.5, 0.6) is 0 Å². The van der Waals surface area contributed by atoms with E-state index in [9.17, 15) is 0 Å². The quantitative estimate of drug-likeness (QED) is 0.527. The molecule has 0 aliphatic heterocycles. The van der Waals surface area contributed by atoms with Crippen LogP contribution in [0.3, 0.4) is 0 Å². The molecule has 0 unspecified atom stereocenters. The zero-order valence-electron chi connectivity index (χ0n) is 14.3. The number of benzene rings is 2. The van der Waals surface area contributed by atoms with Crippen LogP contribution < -0.4 is 0 Å². The van der Waals surface area contributed by atoms with E-state index in [1.54, 1.807) is 6.33 Å². The third-order valence-corrected chi connectivity index (χ3v) is 4.30. The van der Waals surface area contributed by atoms with E-state index >= 15 is 0 Å². The Morgan fingerprint density at radius 1 is 0.958 bits per heavy atom. The topological polar surface area (TPSA) is 43.9 Å². The van der Waals surface area contributed by atoms with Crippen molar-refractivity contribution in [3.63, 3.8) is 0 Å². The maximum atomic E-state index is 5.91. The average Bonchev–Trinajstić information content (AvgIpc) is 3.11. The summed E-state index contributed by atoms with van der Waals surface area (Å²) in [7, 11) is 0. The van der Waals surface area contributed by atoms with Crippen molar-refractivity contribution in [3.05, 3.63) is 65.2 Å². The molecule has 0 saturated heterocycles. The summed E-state index contributed by atoms with van der Waals surface area (Å²) in [4.78, 5) is 4.52. The number of aryl methyl sites for hydroxylation is 4. The highest BCUT2D eigenvalue weighted by Gasteiger charge is 2.17. The lowest BCUT2D eigenvalue weighted by molar-refractivity contribution is 0.579. The minimum Gasteiger partial charge on any atom is -0.461 e. The van der Waals surface area contributed by atoms with Gasteiger partial charge >= 0.3 is 0 Å². The Morgan fingerprint density at radius 2 is 1.71 bits per heavy atom. The smallest absolute Gasteiger partial charge is 0.166 e. The fourth-order valence-electron chi connectivity index (χ4n) is 3.46. The Kier molecular flexibility index (Phi) is 3.27. The second-order valence-corrected chi connectivity index (χ2v) is 6.32. The summed E-state index contributed by atoms with van der Waals surface area (Å²) in [6.07, 6.45) is 1.60. The molecule has 2 aromatic heterocycles. The Hall–Kier alpha value is -2.88. The predicted molar refractivity (Wildman–Crippen MR) is 95.5 cm³/mol. The van der Waals surface area contributed by atoms with Crippen molar-refractivity contribution in [2.24, 2.45) is 0 Å². The maximum absolute atomic E-state index is 5.91. The molecular formula is C20H19N3O. The molecule has 2 aromatic carbocycles. The van der Waals surface area contributed by atoms with Crippen LogP contribution in [0.4, 0.5) is 0 Å². The predicted octanol–water partition coefficient (Wildman–Crippen LogP) is 4.91. The highest BCUT2D eigenvalue weighted by atomic mass is 16.3. The van der Waals surface area contributed by atoms with Gasteiger partial charge in [-0.3, -0.25) is 0 Å². The first-order valence-electron chi connectivity index (χ1n) is 8.02. The summed E-state index contributed by atoms with van der Waals surface area (Å²) >= 11 is 0. The van der Waals surface area contributed by atoms with Crippen LogP contribution in [-0.4, -0.2) is 14.8 Å². The first-order chi connectivity index (χ1) is 11.5. The molecule has 4 aromatic rings. The fraction of sp³-hybridized carbons (Fsp3) is 0.200. The number of aromatic nitrogens is 3. The van der Waals surface area contributed by atoms with Crippen LogP contribution in [0.15, 0.2) is 47.1 Å². The summed E-state index contributed by atoms with van der Waals surface area (Å²) in [6.45, 7) is 8.29. The van der Waals surface area contributed by atoms with E-state index in [0.29, 0.717) is 0 Å². The van der Waals surface area contributed by atoms with E-state index in [2.05, 4.69) is 49.1 Å². The molecule has 0 radical (unpaired) electrons. The van der Waals surface area contributed by atoms with E-state index in [1.807, 2.05) is 29.8 Å². The molecule has 0 aliphatic carbocycles. The molecule has 0 bridgehead atoms. The molecule has 0 amide bonds. The fourth-order valence-corrected chi connectivity index (χ4v) is 3.46. The van der Waals surface area contributed by atoms with Crippen LogP contribution in [0.2, 0.25) is 0 Å². The van der Waals surface area contributed by atoms with Crippen molar-refractivity contribution >= 4 is 11.0 Å². The molecule has 4 rings (SSSR count). The monoisotopic (exact) mass is 317 g/mol. The third-order valence-electron chi connectivity index (χ3n) is 4.30. The van der Waals surface area contributed by atoms with Gasteiger partial charge in [0.1, 0.15) is 17.7 Å². The number of hydrogen-bond donors (Lipinski definition) is 0. The van der Waals surface area contributed by atoms with Crippen LogP contribution in [0.1, 0.15) is 22.5 Å². The van der Waals surface area contributed by atoms with Crippen molar-refractivity contribution in [3.8, 4) is 17.1 Å². The van der Waals surface area contributed by atoms with E-state index in [1.165, 1.54) is 16.7 Å². The summed E-state index contributed by atoms with van der Waals surface area (Å²) < 4.78 is 7.83. The van der Waals surface area contributed by atoms with Crippen LogP contribution in [0, 0.1) is 27.7 Å². The molecule has 4 heteroatoms. The third kappa shape index (κ3) is 2.22. The van der Waals surface area contributed by atoms with Crippen LogP contribution >= 0.6 is 0 Å². The lowest BCUT2D eigenvalue weighted by atomic mass is 10.0. The first kappa shape index (κ1) is 14.7. The minimum atomic E-state index is 0.796. The Bertz CT molecular complexity index is 1030. The number of para-hydroxylation sites is 1. The van der Waals surface area contributed by atoms with Gasteiger partial charge < -0.3 is 4.42 Å². The van der Waals surface area contributed by atoms with Gasteiger partial charge in [0.15, 0.2) is 5.82 Å². The van der Waals surface area contributed by atoms with Gasteiger partial charge in [0.05, 0.1) is 11.3 Å². The van der Waals surface area contributed by atoms with Gasteiger partial charge in [-0.15, -0.1) is 0 Å². The van der Waals surface area contributed by atoms with Gasteiger partial charge in [0, 0.05) is 5.39 Å². The molecule has 4 nitrogen and oxygen atoms in total. The molecule has 0 saturated carbocycles. The van der Waals surface area contributed by atoms with Crippen LogP contribution in [-0.2, 0) is 0 Å². The summed E-state index contributed by atoms with van der Waals surface area (Å²) in [5.74, 6) is 1.69. The van der Waals surface area contributed by atoms with Crippen molar-refractivity contribution in [1.82, 2.24) is 14.8 Å². The highest BCUT2D eigenvalue weighted by Crippen LogP contribution is 2.32. The lowest BCUT2D eigenvalue weighted by Crippen LogP contribution is -2.05. The standard InChI is InChI=1S/C20H19N3O/c1-12-8-13(2)18(14(3)9-12)23-20(21-11-22-23)17-7-5-6-16-10-15(4)24-19(16)17/h5-11H,1-4H3. The summed E-state index contributed by atoms with van der Waals surface area (Å²) in [6, 6.07) is 12.5. The van der Waals surface area contributed by atoms with Crippen molar-refractivity contribution in [2.75, 3.05) is 0 Å². The van der Waals surface area contributed by atoms with Gasteiger partial charge in [-0.25, -0.2) is 9.67 Å². The van der Waals surface area contributed by atoms with Gasteiger partial charge in [-0.1, -0.05) is 29.8 Å². The minimum absolute atomic E-state index is 0.796. The molecule has 0 fully saturated rings. The number of hydrogen-bond acceptors (Lipinski definition) is 3. The molecule has 2 heterocycles. The van der Waals surface area contributed by atoms with E-state index in [4.69, 9.17) is 4.42 Å². The van der Waals surface area contributed by atoms with Gasteiger partial charge in [-0.2, -0.15) is 5.10 Å². The first-order valence-corrected chi connectivity index (χ1v) is 8.02. The Balaban J connectivity index is 1.99. The van der Waals surface area contributed by atoms with Crippen molar-refractivity contribution < 1.29 is 4.42 Å². The van der Waals surface area contributed by atoms with Crippen molar-refractivity contribution in [2.45, 2.75) is 27.7 Å². The number of nitrogens with zero attached hydrogens (tertiary/aromatic N) is 3. The van der Waals surface area contributed by atoms with Crippen LogP contribution in [0.25, 0.3) is 28.0 Å². The zero-order valence-corrected chi connectivity index (χ0v) is 14.3. The summed E-state index contributed by atoms with van der Waals surface area (Å²) in [5, 5.41) is 5.57. The summed E-state index contributed by atoms with van der Waals surface area (Å²) in [5.41, 5.74) is 6.50. The van der Waals surface area contributed by atoms with Gasteiger partial charge in [0.2, 0.25) is 0 Å². The molecule has 0 N–H and O–H groups in total. The molecule has 24 heavy (non-hydrogen) atoms. The molecule has 0 atom stereocenters. The van der Waals surface area contributed by atoms with Gasteiger partial charge in [-0.05, 0) is 51.0 Å². The molecule has 0 aliphatic rings. The van der Waals surface area contributed by atoms with Gasteiger partial charge in [0.25, 0.3) is 0 Å². The normalized spacial score (nSPS) is 11.3. The van der Waals surface area contributed by atoms with Crippen molar-refractivity contribution in [1.29, 1.82) is 0 Å².